The number of anilines is 1. The third-order valence-electron chi connectivity index (χ3n) is 7.49. The van der Waals surface area contributed by atoms with Gasteiger partial charge in [-0.1, -0.05) is 20.8 Å². The highest BCUT2D eigenvalue weighted by molar-refractivity contribution is 7.18. The van der Waals surface area contributed by atoms with Crippen LogP contribution in [0.5, 0.6) is 0 Å². The summed E-state index contributed by atoms with van der Waals surface area (Å²) in [7, 11) is 1.31. The van der Waals surface area contributed by atoms with Gasteiger partial charge in [0.05, 0.1) is 24.7 Å². The summed E-state index contributed by atoms with van der Waals surface area (Å²) in [6.07, 6.45) is 6.98. The number of esters is 2. The van der Waals surface area contributed by atoms with Gasteiger partial charge in [0.15, 0.2) is 0 Å². The Hall–Kier alpha value is -1.89. The minimum absolute atomic E-state index is 0.0174. The fourth-order valence-corrected chi connectivity index (χ4v) is 8.45. The Morgan fingerprint density at radius 1 is 1.06 bits per heavy atom. The maximum Gasteiger partial charge on any atom is 0.348 e. The second kappa shape index (κ2) is 7.61. The molecule has 0 saturated heterocycles. The molecule has 0 aromatic carbocycles. The van der Waals surface area contributed by atoms with Gasteiger partial charge in [-0.3, -0.25) is 4.79 Å². The first-order valence-electron chi connectivity index (χ1n) is 11.2. The molecule has 6 nitrogen and oxygen atoms in total. The summed E-state index contributed by atoms with van der Waals surface area (Å²) in [5.74, 6) is -0.453. The molecule has 4 aliphatic carbocycles. The number of nitrogens with one attached hydrogen (secondary N) is 1. The Balaban J connectivity index is 1.66. The number of hydrogen-bond donors (Lipinski definition) is 1. The van der Waals surface area contributed by atoms with Gasteiger partial charge in [0.2, 0.25) is 5.91 Å². The van der Waals surface area contributed by atoms with Gasteiger partial charge in [-0.15, -0.1) is 11.3 Å². The molecule has 2 unspecified atom stereocenters. The maximum absolute atomic E-state index is 13.7. The monoisotopic (exact) mass is 447 g/mol. The SMILES string of the molecule is CCCOC(=O)c1c(NC(=O)C23CC4CC(C)(CC(C)(C4)C2)C3)sc(C(=O)OC)c1C. The topological polar surface area (TPSA) is 81.7 Å². The number of carbonyl (C=O) groups is 3. The summed E-state index contributed by atoms with van der Waals surface area (Å²) in [6, 6.07) is 0. The lowest BCUT2D eigenvalue weighted by Crippen LogP contribution is -2.58. The van der Waals surface area contributed by atoms with Crippen molar-refractivity contribution in [2.75, 3.05) is 19.0 Å². The fourth-order valence-electron chi connectivity index (χ4n) is 7.34. The Morgan fingerprint density at radius 2 is 1.71 bits per heavy atom. The van der Waals surface area contributed by atoms with E-state index >= 15 is 0 Å². The number of rotatable bonds is 6. The maximum atomic E-state index is 13.7. The van der Waals surface area contributed by atoms with Crippen molar-refractivity contribution in [1.29, 1.82) is 0 Å². The van der Waals surface area contributed by atoms with E-state index in [0.717, 1.165) is 30.6 Å². The van der Waals surface area contributed by atoms with E-state index in [1.165, 1.54) is 26.4 Å². The Labute approximate surface area is 188 Å². The van der Waals surface area contributed by atoms with Gasteiger partial charge in [-0.05, 0) is 74.2 Å². The van der Waals surface area contributed by atoms with Gasteiger partial charge in [0.1, 0.15) is 9.88 Å². The summed E-state index contributed by atoms with van der Waals surface area (Å²) in [5, 5.41) is 3.47. The fraction of sp³-hybridized carbons (Fsp3) is 0.708. The first-order valence-corrected chi connectivity index (χ1v) is 12.1. The van der Waals surface area contributed by atoms with Gasteiger partial charge in [0.25, 0.3) is 0 Å². The van der Waals surface area contributed by atoms with Gasteiger partial charge in [0, 0.05) is 0 Å². The number of carbonyl (C=O) groups excluding carboxylic acids is 3. The van der Waals surface area contributed by atoms with Gasteiger partial charge in [-0.2, -0.15) is 0 Å². The zero-order valence-electron chi connectivity index (χ0n) is 19.2. The molecule has 0 aliphatic heterocycles. The number of thiophene rings is 1. The highest BCUT2D eigenvalue weighted by atomic mass is 32.1. The molecule has 2 atom stereocenters. The van der Waals surface area contributed by atoms with Crippen molar-refractivity contribution in [1.82, 2.24) is 0 Å². The minimum Gasteiger partial charge on any atom is -0.465 e. The predicted octanol–water partition coefficient (Wildman–Crippen LogP) is 5.35. The second-order valence-corrected chi connectivity index (χ2v) is 11.8. The van der Waals surface area contributed by atoms with Crippen molar-refractivity contribution in [3.63, 3.8) is 0 Å². The van der Waals surface area contributed by atoms with Crippen LogP contribution in [0.25, 0.3) is 0 Å². The minimum atomic E-state index is -0.512. The zero-order chi connectivity index (χ0) is 22.6. The summed E-state index contributed by atoms with van der Waals surface area (Å²) in [5.41, 5.74) is 0.775. The molecule has 5 rings (SSSR count). The quantitative estimate of drug-likeness (QED) is 0.595. The Morgan fingerprint density at radius 3 is 2.26 bits per heavy atom. The molecule has 7 heteroatoms. The standard InChI is InChI=1S/C24H33NO5S/c1-6-7-30-19(26)16-14(2)17(20(27)29-5)31-18(16)25-21(28)24-10-15-8-22(3,12-24)11-23(4,9-15)13-24/h15H,6-13H2,1-5H3,(H,25,28). The van der Waals surface area contributed by atoms with Crippen LogP contribution in [0.15, 0.2) is 0 Å². The van der Waals surface area contributed by atoms with Crippen LogP contribution in [0, 0.1) is 29.1 Å². The van der Waals surface area contributed by atoms with Crippen LogP contribution in [0.3, 0.4) is 0 Å². The van der Waals surface area contributed by atoms with E-state index in [0.29, 0.717) is 27.8 Å². The lowest BCUT2D eigenvalue weighted by Gasteiger charge is -2.64. The molecular formula is C24H33NO5S. The van der Waals surface area contributed by atoms with Gasteiger partial charge < -0.3 is 14.8 Å². The Kier molecular flexibility index (Phi) is 5.48. The van der Waals surface area contributed by atoms with E-state index in [1.807, 2.05) is 6.92 Å². The van der Waals surface area contributed by atoms with Crippen molar-refractivity contribution in [3.05, 3.63) is 16.0 Å². The number of ether oxygens (including phenoxy) is 2. The summed E-state index contributed by atoms with van der Waals surface area (Å²) in [4.78, 5) is 39.1. The van der Waals surface area contributed by atoms with Crippen molar-refractivity contribution in [3.8, 4) is 0 Å². The molecule has 4 saturated carbocycles. The molecular weight excluding hydrogens is 414 g/mol. The van der Waals surface area contributed by atoms with Crippen LogP contribution in [0.2, 0.25) is 0 Å². The van der Waals surface area contributed by atoms with Gasteiger partial charge in [-0.25, -0.2) is 9.59 Å². The smallest absolute Gasteiger partial charge is 0.348 e. The number of methoxy groups -OCH3 is 1. The first kappa shape index (κ1) is 22.3. The van der Waals surface area contributed by atoms with Crippen LogP contribution in [-0.4, -0.2) is 31.6 Å². The molecule has 4 aliphatic rings. The third-order valence-corrected chi connectivity index (χ3v) is 8.68. The van der Waals surface area contributed by atoms with Crippen LogP contribution in [-0.2, 0) is 14.3 Å². The van der Waals surface area contributed by atoms with E-state index in [2.05, 4.69) is 19.2 Å². The predicted molar refractivity (Wildman–Crippen MR) is 119 cm³/mol. The van der Waals surface area contributed by atoms with E-state index in [4.69, 9.17) is 9.47 Å². The van der Waals surface area contributed by atoms with E-state index < -0.39 is 17.4 Å². The molecule has 170 valence electrons. The molecule has 0 radical (unpaired) electrons. The summed E-state index contributed by atoms with van der Waals surface area (Å²) in [6.45, 7) is 8.57. The number of hydrogen-bond acceptors (Lipinski definition) is 6. The molecule has 1 aromatic rings. The zero-order valence-corrected chi connectivity index (χ0v) is 20.0. The van der Waals surface area contributed by atoms with Crippen molar-refractivity contribution in [2.24, 2.45) is 22.2 Å². The largest absolute Gasteiger partial charge is 0.465 e. The molecule has 1 heterocycles. The molecule has 4 fully saturated rings. The summed E-state index contributed by atoms with van der Waals surface area (Å²) < 4.78 is 10.2. The van der Waals surface area contributed by atoms with Crippen LogP contribution < -0.4 is 5.32 Å². The van der Waals surface area contributed by atoms with Crippen LogP contribution in [0.1, 0.15) is 91.3 Å². The first-order chi connectivity index (χ1) is 14.5. The van der Waals surface area contributed by atoms with E-state index in [-0.39, 0.29) is 28.9 Å². The number of amides is 1. The average Bonchev–Trinajstić information content (AvgIpc) is 2.98. The van der Waals surface area contributed by atoms with Crippen molar-refractivity contribution < 1.29 is 23.9 Å². The third kappa shape index (κ3) is 3.79. The molecule has 1 amide bonds. The Bertz CT molecular complexity index is 917. The van der Waals surface area contributed by atoms with Crippen LogP contribution >= 0.6 is 11.3 Å². The lowest BCUT2D eigenvalue weighted by atomic mass is 9.40. The highest BCUT2D eigenvalue weighted by Crippen LogP contribution is 2.69. The average molecular weight is 448 g/mol. The molecule has 0 spiro atoms. The molecule has 31 heavy (non-hydrogen) atoms. The summed E-state index contributed by atoms with van der Waals surface area (Å²) >= 11 is 1.10. The normalized spacial score (nSPS) is 33.3. The molecule has 1 aromatic heterocycles. The van der Waals surface area contributed by atoms with E-state index in [1.54, 1.807) is 6.92 Å². The van der Waals surface area contributed by atoms with Crippen molar-refractivity contribution >= 4 is 34.2 Å². The lowest BCUT2D eigenvalue weighted by molar-refractivity contribution is -0.165. The van der Waals surface area contributed by atoms with Gasteiger partial charge >= 0.3 is 11.9 Å². The molecule has 4 bridgehead atoms. The van der Waals surface area contributed by atoms with Crippen molar-refractivity contribution in [2.45, 2.75) is 72.6 Å². The second-order valence-electron chi connectivity index (χ2n) is 10.8. The highest BCUT2D eigenvalue weighted by Gasteiger charge is 2.62. The van der Waals surface area contributed by atoms with Crippen LogP contribution in [0.4, 0.5) is 5.00 Å². The molecule has 1 N–H and O–H groups in total. The van der Waals surface area contributed by atoms with E-state index in [9.17, 15) is 14.4 Å².